The van der Waals surface area contributed by atoms with Crippen molar-refractivity contribution in [3.63, 3.8) is 0 Å². The zero-order valence-electron chi connectivity index (χ0n) is 18.5. The third-order valence-corrected chi connectivity index (χ3v) is 4.99. The molecule has 0 saturated heterocycles. The summed E-state index contributed by atoms with van der Waals surface area (Å²) in [5.41, 5.74) is 1.94. The van der Waals surface area contributed by atoms with Crippen molar-refractivity contribution < 1.29 is 17.9 Å². The molecule has 0 aliphatic carbocycles. The maximum Gasteiger partial charge on any atom is 0.416 e. The maximum absolute atomic E-state index is 13.2. The van der Waals surface area contributed by atoms with Crippen molar-refractivity contribution in [2.75, 3.05) is 7.11 Å². The largest absolute Gasteiger partial charge is 0.495 e. The molecule has 10 heteroatoms. The number of halogens is 4. The van der Waals surface area contributed by atoms with Crippen LogP contribution in [0.2, 0.25) is 0 Å². The summed E-state index contributed by atoms with van der Waals surface area (Å²) in [7, 11) is 1.57. The fraction of sp³-hybridized carbons (Fsp3) is 0.261. The summed E-state index contributed by atoms with van der Waals surface area (Å²) in [6.45, 7) is 5.74. The van der Waals surface area contributed by atoms with Gasteiger partial charge in [0.25, 0.3) is 0 Å². The van der Waals surface area contributed by atoms with Crippen LogP contribution in [0.5, 0.6) is 5.75 Å². The molecule has 0 atom stereocenters. The molecular formula is C23H23ClF3N5O. The lowest BCUT2D eigenvalue weighted by atomic mass is 10.1. The summed E-state index contributed by atoms with van der Waals surface area (Å²) in [6, 6.07) is 10.6. The van der Waals surface area contributed by atoms with Gasteiger partial charge in [-0.05, 0) is 43.3 Å². The Kier molecular flexibility index (Phi) is 6.83. The molecule has 33 heavy (non-hydrogen) atoms. The van der Waals surface area contributed by atoms with Gasteiger partial charge in [0.05, 0.1) is 36.1 Å². The maximum atomic E-state index is 13.2. The average molecular weight is 478 g/mol. The fourth-order valence-electron chi connectivity index (χ4n) is 3.41. The predicted molar refractivity (Wildman–Crippen MR) is 122 cm³/mol. The molecule has 6 nitrogen and oxygen atoms in total. The number of methoxy groups -OCH3 is 1. The minimum absolute atomic E-state index is 0. The first-order valence-electron chi connectivity index (χ1n) is 10.0. The van der Waals surface area contributed by atoms with Crippen LogP contribution in [0.4, 0.5) is 13.2 Å². The zero-order chi connectivity index (χ0) is 23.0. The molecule has 4 rings (SSSR count). The second-order valence-corrected chi connectivity index (χ2v) is 7.72. The lowest BCUT2D eigenvalue weighted by molar-refractivity contribution is -0.137. The molecule has 0 radical (unpaired) electrons. The van der Waals surface area contributed by atoms with Crippen molar-refractivity contribution in [1.29, 1.82) is 0 Å². The van der Waals surface area contributed by atoms with E-state index >= 15 is 0 Å². The summed E-state index contributed by atoms with van der Waals surface area (Å²) in [5, 5.41) is 4.54. The van der Waals surface area contributed by atoms with Crippen molar-refractivity contribution in [3.8, 4) is 28.5 Å². The molecule has 174 valence electrons. The number of aryl methyl sites for hydroxylation is 1. The third-order valence-electron chi connectivity index (χ3n) is 4.99. The second kappa shape index (κ2) is 9.27. The first-order valence-corrected chi connectivity index (χ1v) is 10.0. The highest BCUT2D eigenvalue weighted by Gasteiger charge is 2.31. The van der Waals surface area contributed by atoms with Crippen LogP contribution in [0.3, 0.4) is 0 Å². The number of hydrogen-bond acceptors (Lipinski definition) is 4. The van der Waals surface area contributed by atoms with Crippen molar-refractivity contribution in [2.24, 2.45) is 0 Å². The minimum Gasteiger partial charge on any atom is -0.495 e. The second-order valence-electron chi connectivity index (χ2n) is 7.72. The monoisotopic (exact) mass is 477 g/mol. The standard InChI is InChI=1S/C23H22F3N5O.ClH/c1-14(2)22-28-21(29-31(22)18-7-5-6-17(11-18)23(24,25)26)16-8-9-19(20(10-16)32-4)30-12-15(3)27-13-30;/h5-14H,1-4H3;1H. The molecule has 0 spiro atoms. The van der Waals surface area contributed by atoms with Gasteiger partial charge in [-0.15, -0.1) is 17.5 Å². The van der Waals surface area contributed by atoms with Crippen LogP contribution in [0.1, 0.15) is 36.8 Å². The number of nitrogens with zero attached hydrogens (tertiary/aromatic N) is 5. The van der Waals surface area contributed by atoms with Crippen LogP contribution < -0.4 is 4.74 Å². The lowest BCUT2D eigenvalue weighted by Gasteiger charge is -2.11. The summed E-state index contributed by atoms with van der Waals surface area (Å²) in [6.07, 6.45) is -0.856. The topological polar surface area (TPSA) is 57.8 Å². The van der Waals surface area contributed by atoms with Gasteiger partial charge in [-0.3, -0.25) is 0 Å². The van der Waals surface area contributed by atoms with Crippen molar-refractivity contribution in [2.45, 2.75) is 32.9 Å². The van der Waals surface area contributed by atoms with Crippen LogP contribution in [-0.4, -0.2) is 31.4 Å². The van der Waals surface area contributed by atoms with Crippen LogP contribution in [-0.2, 0) is 6.18 Å². The van der Waals surface area contributed by atoms with E-state index < -0.39 is 11.7 Å². The van der Waals surface area contributed by atoms with Crippen molar-refractivity contribution in [1.82, 2.24) is 24.3 Å². The quantitative estimate of drug-likeness (QED) is 0.353. The Bertz CT molecular complexity index is 1260. The molecule has 0 unspecified atom stereocenters. The first-order chi connectivity index (χ1) is 15.2. The zero-order valence-corrected chi connectivity index (χ0v) is 19.3. The van der Waals surface area contributed by atoms with Crippen molar-refractivity contribution in [3.05, 3.63) is 72.1 Å². The summed E-state index contributed by atoms with van der Waals surface area (Å²) in [4.78, 5) is 8.87. The van der Waals surface area contributed by atoms with Crippen LogP contribution in [0.25, 0.3) is 22.8 Å². The Morgan fingerprint density at radius 3 is 2.42 bits per heavy atom. The van der Waals surface area contributed by atoms with Crippen molar-refractivity contribution >= 4 is 12.4 Å². The van der Waals surface area contributed by atoms with E-state index in [0.717, 1.165) is 23.5 Å². The molecule has 0 aliphatic rings. The Morgan fingerprint density at radius 1 is 1.06 bits per heavy atom. The Morgan fingerprint density at radius 2 is 1.82 bits per heavy atom. The highest BCUT2D eigenvalue weighted by atomic mass is 35.5. The SMILES string of the molecule is COc1cc(-c2nc(C(C)C)n(-c3cccc(C(F)(F)F)c3)n2)ccc1-n1cnc(C)c1.Cl. The lowest BCUT2D eigenvalue weighted by Crippen LogP contribution is -2.09. The third kappa shape index (κ3) is 4.88. The first kappa shape index (κ1) is 24.3. The highest BCUT2D eigenvalue weighted by molar-refractivity contribution is 5.85. The Balaban J connectivity index is 0.00000306. The van der Waals surface area contributed by atoms with Gasteiger partial charge in [0, 0.05) is 17.7 Å². The van der Waals surface area contributed by atoms with Crippen LogP contribution in [0.15, 0.2) is 55.0 Å². The van der Waals surface area contributed by atoms with Gasteiger partial charge in [-0.2, -0.15) is 13.2 Å². The number of benzene rings is 2. The molecule has 0 amide bonds. The van der Waals surface area contributed by atoms with E-state index in [1.165, 1.54) is 10.7 Å². The highest BCUT2D eigenvalue weighted by Crippen LogP contribution is 2.32. The fourth-order valence-corrected chi connectivity index (χ4v) is 3.41. The Labute approximate surface area is 195 Å². The molecule has 2 aromatic heterocycles. The molecule has 0 aliphatic heterocycles. The van der Waals surface area contributed by atoms with Gasteiger partial charge in [-0.1, -0.05) is 19.9 Å². The Hall–Kier alpha value is -3.33. The van der Waals surface area contributed by atoms with Gasteiger partial charge < -0.3 is 9.30 Å². The van der Waals surface area contributed by atoms with E-state index in [4.69, 9.17) is 4.74 Å². The van der Waals surface area contributed by atoms with E-state index in [1.807, 2.05) is 43.7 Å². The van der Waals surface area contributed by atoms with Gasteiger partial charge >= 0.3 is 6.18 Å². The summed E-state index contributed by atoms with van der Waals surface area (Å²) >= 11 is 0. The van der Waals surface area contributed by atoms with E-state index in [0.29, 0.717) is 28.6 Å². The normalized spacial score (nSPS) is 11.5. The average Bonchev–Trinajstić information content (AvgIpc) is 3.39. The molecule has 2 heterocycles. The number of alkyl halides is 3. The van der Waals surface area contributed by atoms with Gasteiger partial charge in [-0.25, -0.2) is 14.6 Å². The number of aromatic nitrogens is 5. The molecule has 0 bridgehead atoms. The minimum atomic E-state index is -4.44. The molecule has 0 saturated carbocycles. The number of hydrogen-bond donors (Lipinski definition) is 0. The predicted octanol–water partition coefficient (Wildman–Crippen LogP) is 6.00. The van der Waals surface area contributed by atoms with Crippen LogP contribution >= 0.6 is 12.4 Å². The molecule has 4 aromatic rings. The number of rotatable bonds is 5. The van der Waals surface area contributed by atoms with Gasteiger partial charge in [0.1, 0.15) is 11.6 Å². The number of imidazole rings is 1. The van der Waals surface area contributed by atoms with Crippen LogP contribution in [0, 0.1) is 6.92 Å². The van der Waals surface area contributed by atoms with E-state index in [2.05, 4.69) is 15.1 Å². The molecule has 2 aromatic carbocycles. The van der Waals surface area contributed by atoms with E-state index in [9.17, 15) is 13.2 Å². The van der Waals surface area contributed by atoms with E-state index in [1.54, 1.807) is 25.6 Å². The summed E-state index contributed by atoms with van der Waals surface area (Å²) in [5.74, 6) is 1.51. The molecular weight excluding hydrogens is 455 g/mol. The van der Waals surface area contributed by atoms with Gasteiger partial charge in [0.15, 0.2) is 5.82 Å². The number of ether oxygens (including phenoxy) is 1. The molecule has 0 N–H and O–H groups in total. The van der Waals surface area contributed by atoms with E-state index in [-0.39, 0.29) is 18.3 Å². The van der Waals surface area contributed by atoms with Gasteiger partial charge in [0.2, 0.25) is 0 Å². The smallest absolute Gasteiger partial charge is 0.416 e. The summed E-state index contributed by atoms with van der Waals surface area (Å²) < 4.78 is 48.5. The molecule has 0 fully saturated rings.